The van der Waals surface area contributed by atoms with E-state index >= 15 is 0 Å². The Balaban J connectivity index is 1.70. The first-order chi connectivity index (χ1) is 28.1. The predicted octanol–water partition coefficient (Wildman–Crippen LogP) is 10.8. The number of non-ortho nitro benzene ring substituents is 1. The summed E-state index contributed by atoms with van der Waals surface area (Å²) >= 11 is 0. The van der Waals surface area contributed by atoms with Gasteiger partial charge in [-0.15, -0.1) is 0 Å². The first kappa shape index (κ1) is 43.4. The Kier molecular flexibility index (Phi) is 11.9. The molecule has 10 heteroatoms. The molecular formula is C50H56N2O8. The van der Waals surface area contributed by atoms with Gasteiger partial charge in [-0.3, -0.25) is 20.2 Å². The molecule has 8 bridgehead atoms. The van der Waals surface area contributed by atoms with Crippen LogP contribution in [-0.4, -0.2) is 36.2 Å². The molecule has 5 aromatic rings. The summed E-state index contributed by atoms with van der Waals surface area (Å²) in [6.07, 6.45) is -0.157. The summed E-state index contributed by atoms with van der Waals surface area (Å²) in [4.78, 5) is 39.1. The summed E-state index contributed by atoms with van der Waals surface area (Å²) < 4.78 is 18.7. The number of hydrogen-bond donors (Lipinski definition) is 2. The van der Waals surface area contributed by atoms with E-state index < -0.39 is 16.9 Å². The van der Waals surface area contributed by atoms with Gasteiger partial charge in [0.1, 0.15) is 23.0 Å². The van der Waals surface area contributed by atoms with Gasteiger partial charge in [-0.1, -0.05) is 117 Å². The normalized spacial score (nSPS) is 13.0. The molecule has 2 N–H and O–H groups in total. The number of imide groups is 1. The van der Waals surface area contributed by atoms with Crippen LogP contribution in [0.1, 0.15) is 134 Å². The van der Waals surface area contributed by atoms with E-state index in [0.717, 1.165) is 38.9 Å². The third kappa shape index (κ3) is 9.33. The number of carbonyl (C=O) groups excluding carboxylic acids is 2. The number of nitro benzene ring substituents is 1. The fourth-order valence-electron chi connectivity index (χ4n) is 7.82. The zero-order chi connectivity index (χ0) is 43.9. The van der Waals surface area contributed by atoms with Gasteiger partial charge >= 0.3 is 6.09 Å². The molecule has 2 amide bonds. The van der Waals surface area contributed by atoms with Gasteiger partial charge in [0.25, 0.3) is 11.6 Å². The summed E-state index contributed by atoms with van der Waals surface area (Å²) in [7, 11) is 3.16. The molecule has 5 aromatic carbocycles. The second kappa shape index (κ2) is 16.5. The van der Waals surface area contributed by atoms with Crippen molar-refractivity contribution in [1.29, 1.82) is 0 Å². The van der Waals surface area contributed by atoms with Crippen LogP contribution in [0.5, 0.6) is 23.0 Å². The summed E-state index contributed by atoms with van der Waals surface area (Å²) in [5.74, 6) is 0.767. The molecule has 0 spiro atoms. The van der Waals surface area contributed by atoms with Crippen LogP contribution in [0.2, 0.25) is 0 Å². The molecule has 1 aliphatic carbocycles. The molecule has 1 aliphatic rings. The third-order valence-electron chi connectivity index (χ3n) is 11.2. The highest BCUT2D eigenvalue weighted by Crippen LogP contribution is 2.43. The lowest BCUT2D eigenvalue weighted by Gasteiger charge is -2.27. The molecule has 0 unspecified atom stereocenters. The molecular weight excluding hydrogens is 757 g/mol. The average Bonchev–Trinajstić information content (AvgIpc) is 3.16. The number of carbonyl (C=O) groups is 2. The van der Waals surface area contributed by atoms with E-state index in [-0.39, 0.29) is 53.4 Å². The van der Waals surface area contributed by atoms with Crippen LogP contribution >= 0.6 is 0 Å². The number of nitrogens with one attached hydrogen (secondary N) is 1. The summed E-state index contributed by atoms with van der Waals surface area (Å²) in [5, 5.41) is 26.9. The fraction of sp³-hybridized carbons (Fsp3) is 0.360. The number of rotatable bonds is 5. The number of ether oxygens (including phenoxy) is 3. The molecule has 0 saturated heterocycles. The Morgan fingerprint density at radius 1 is 0.583 bits per heavy atom. The van der Waals surface area contributed by atoms with Gasteiger partial charge < -0.3 is 19.3 Å². The van der Waals surface area contributed by atoms with Gasteiger partial charge in [-0.25, -0.2) is 4.79 Å². The molecule has 0 heterocycles. The summed E-state index contributed by atoms with van der Waals surface area (Å²) in [5.41, 5.74) is 7.34. The molecule has 60 heavy (non-hydrogen) atoms. The molecule has 0 fully saturated rings. The molecule has 6 rings (SSSR count). The maximum atomic E-state index is 13.9. The maximum absolute atomic E-state index is 13.9. The fourth-order valence-corrected chi connectivity index (χ4v) is 7.82. The van der Waals surface area contributed by atoms with Crippen LogP contribution in [0.25, 0.3) is 0 Å². The van der Waals surface area contributed by atoms with Crippen LogP contribution in [0.15, 0.2) is 78.9 Å². The number of benzene rings is 5. The lowest BCUT2D eigenvalue weighted by Crippen LogP contribution is -2.33. The van der Waals surface area contributed by atoms with Gasteiger partial charge in [-0.2, -0.15) is 0 Å². The van der Waals surface area contributed by atoms with E-state index in [0.29, 0.717) is 45.1 Å². The zero-order valence-corrected chi connectivity index (χ0v) is 36.6. The summed E-state index contributed by atoms with van der Waals surface area (Å²) in [6, 6.07) is 23.7. The molecule has 0 aromatic heterocycles. The summed E-state index contributed by atoms with van der Waals surface area (Å²) in [6.45, 7) is 19.0. The molecule has 10 nitrogen and oxygen atoms in total. The Hall–Kier alpha value is -6.16. The van der Waals surface area contributed by atoms with E-state index in [1.165, 1.54) is 12.1 Å². The first-order valence-electron chi connectivity index (χ1n) is 20.2. The zero-order valence-electron chi connectivity index (χ0n) is 36.6. The maximum Gasteiger partial charge on any atom is 0.419 e. The minimum absolute atomic E-state index is 0.0333. The van der Waals surface area contributed by atoms with Gasteiger partial charge in [-0.05, 0) is 67.3 Å². The molecule has 0 radical (unpaired) electrons. The van der Waals surface area contributed by atoms with Crippen molar-refractivity contribution in [2.75, 3.05) is 14.2 Å². The number of aromatic hydroxyl groups is 1. The van der Waals surface area contributed by atoms with Crippen LogP contribution in [-0.2, 0) is 41.9 Å². The monoisotopic (exact) mass is 812 g/mol. The topological polar surface area (TPSA) is 137 Å². The Labute approximate surface area is 353 Å². The van der Waals surface area contributed by atoms with Crippen LogP contribution < -0.4 is 19.5 Å². The Bertz CT molecular complexity index is 2360. The van der Waals surface area contributed by atoms with Crippen molar-refractivity contribution in [3.63, 3.8) is 0 Å². The number of hydrogen-bond acceptors (Lipinski definition) is 8. The molecule has 0 saturated carbocycles. The Morgan fingerprint density at radius 2 is 0.933 bits per heavy atom. The smallest absolute Gasteiger partial charge is 0.419 e. The van der Waals surface area contributed by atoms with Crippen LogP contribution in [0.3, 0.4) is 0 Å². The highest BCUT2D eigenvalue weighted by atomic mass is 16.6. The van der Waals surface area contributed by atoms with E-state index in [1.807, 2.05) is 24.3 Å². The van der Waals surface area contributed by atoms with E-state index in [1.54, 1.807) is 44.6 Å². The quantitative estimate of drug-likeness (QED) is 0.130. The average molecular weight is 813 g/mol. The van der Waals surface area contributed by atoms with Crippen molar-refractivity contribution < 1.29 is 33.8 Å². The molecule has 314 valence electrons. The highest BCUT2D eigenvalue weighted by Gasteiger charge is 2.29. The number of phenols is 1. The van der Waals surface area contributed by atoms with Crippen molar-refractivity contribution in [3.8, 4) is 23.0 Å². The second-order valence-corrected chi connectivity index (χ2v) is 18.8. The highest BCUT2D eigenvalue weighted by molar-refractivity contribution is 6.03. The van der Waals surface area contributed by atoms with Crippen molar-refractivity contribution in [3.05, 3.63) is 156 Å². The first-order valence-corrected chi connectivity index (χ1v) is 20.2. The van der Waals surface area contributed by atoms with Crippen molar-refractivity contribution in [2.24, 2.45) is 0 Å². The minimum Gasteiger partial charge on any atom is -0.507 e. The third-order valence-corrected chi connectivity index (χ3v) is 11.2. The van der Waals surface area contributed by atoms with E-state index in [2.05, 4.69) is 79.8 Å². The minimum atomic E-state index is -0.924. The number of nitro groups is 1. The molecule has 0 atom stereocenters. The van der Waals surface area contributed by atoms with Crippen LogP contribution in [0.4, 0.5) is 10.5 Å². The van der Waals surface area contributed by atoms with Crippen LogP contribution in [0, 0.1) is 10.1 Å². The SMILES string of the molecule is COc1c2cc(C(C)(C)C)cc1Cc1cc(C(C)(C)C)cc(c1OC(=O)NC(=O)c1ccccc1)Cc1cc(C(C)(C)C)cc(c1OC)Cc1cc([N+](=O)[O-])cc(c1O)C2. The van der Waals surface area contributed by atoms with Crippen molar-refractivity contribution in [1.82, 2.24) is 5.32 Å². The van der Waals surface area contributed by atoms with Gasteiger partial charge in [0.05, 0.1) is 19.1 Å². The number of methoxy groups -OCH3 is 2. The predicted molar refractivity (Wildman–Crippen MR) is 234 cm³/mol. The lowest BCUT2D eigenvalue weighted by molar-refractivity contribution is -0.385. The number of nitrogens with zero attached hydrogens (tertiary/aromatic N) is 1. The van der Waals surface area contributed by atoms with Crippen molar-refractivity contribution in [2.45, 2.75) is 104 Å². The van der Waals surface area contributed by atoms with E-state index in [9.17, 15) is 24.8 Å². The number of amides is 2. The van der Waals surface area contributed by atoms with E-state index in [4.69, 9.17) is 14.2 Å². The lowest BCUT2D eigenvalue weighted by atomic mass is 9.80. The van der Waals surface area contributed by atoms with Crippen molar-refractivity contribution >= 4 is 17.7 Å². The van der Waals surface area contributed by atoms with Gasteiger partial charge in [0, 0.05) is 65.6 Å². The molecule has 0 aliphatic heterocycles. The van der Waals surface area contributed by atoms with Gasteiger partial charge in [0.15, 0.2) is 0 Å². The van der Waals surface area contributed by atoms with Gasteiger partial charge in [0.2, 0.25) is 0 Å². The standard InChI is InChI=1S/C50H56N2O8/c1-48(2,3)38-21-32-17-30-27-41(52(56)57)28-31(42(30)53)18-33-22-39(49(4,5)6)24-35(44(33)59-11)20-37-26-40(50(7,8)9)25-36(19-34(23-38)43(32)58-10)45(37)60-47(55)51-46(54)29-15-13-12-14-16-29/h12-16,21-28,53H,17-20H2,1-11H3,(H,51,54,55). The Morgan fingerprint density at radius 3 is 1.27 bits per heavy atom. The number of fused-ring (bicyclic) bond motifs is 8. The number of phenolic OH excluding ortho intramolecular Hbond substituents is 1. The largest absolute Gasteiger partial charge is 0.507 e. The second-order valence-electron chi connectivity index (χ2n) is 18.8.